The van der Waals surface area contributed by atoms with Crippen molar-refractivity contribution in [3.8, 4) is 6.07 Å². The van der Waals surface area contributed by atoms with Gasteiger partial charge in [0.2, 0.25) is 0 Å². The van der Waals surface area contributed by atoms with Crippen LogP contribution in [0.1, 0.15) is 27.0 Å². The summed E-state index contributed by atoms with van der Waals surface area (Å²) in [6.07, 6.45) is 3.77. The standard InChI is InChI=1S/C22H18FN3O/c23-21-9-2-1-7-19(21)10-12-26(16-18-6-4-11-25-15-18)22(27)20-8-3-5-17(13-20)14-24/h1-9,11,13,15H,10,12,16H2. The van der Waals surface area contributed by atoms with E-state index in [1.54, 1.807) is 59.8 Å². The molecule has 0 fully saturated rings. The molecule has 0 aliphatic carbocycles. The van der Waals surface area contributed by atoms with Gasteiger partial charge in [-0.3, -0.25) is 9.78 Å². The molecule has 0 bridgehead atoms. The van der Waals surface area contributed by atoms with Gasteiger partial charge in [-0.25, -0.2) is 4.39 Å². The molecule has 1 heterocycles. The highest BCUT2D eigenvalue weighted by atomic mass is 19.1. The van der Waals surface area contributed by atoms with Gasteiger partial charge in [-0.2, -0.15) is 5.26 Å². The minimum absolute atomic E-state index is 0.202. The summed E-state index contributed by atoms with van der Waals surface area (Å²) < 4.78 is 13.9. The van der Waals surface area contributed by atoms with Crippen LogP contribution in [-0.4, -0.2) is 22.3 Å². The van der Waals surface area contributed by atoms with Gasteiger partial charge in [-0.15, -0.1) is 0 Å². The third kappa shape index (κ3) is 4.77. The van der Waals surface area contributed by atoms with Crippen molar-refractivity contribution in [3.05, 3.63) is 101 Å². The van der Waals surface area contributed by atoms with Crippen LogP contribution in [0.15, 0.2) is 73.1 Å². The monoisotopic (exact) mass is 359 g/mol. The van der Waals surface area contributed by atoms with E-state index in [1.165, 1.54) is 6.07 Å². The molecule has 4 nitrogen and oxygen atoms in total. The molecular formula is C22H18FN3O. The number of benzene rings is 2. The maximum atomic E-state index is 13.9. The fourth-order valence-corrected chi connectivity index (χ4v) is 2.83. The molecule has 0 atom stereocenters. The third-order valence-electron chi connectivity index (χ3n) is 4.23. The molecule has 2 aromatic carbocycles. The molecule has 0 radical (unpaired) electrons. The number of carbonyl (C=O) groups excluding carboxylic acids is 1. The van der Waals surface area contributed by atoms with E-state index in [0.717, 1.165) is 5.56 Å². The van der Waals surface area contributed by atoms with Gasteiger partial charge >= 0.3 is 0 Å². The molecule has 5 heteroatoms. The van der Waals surface area contributed by atoms with E-state index < -0.39 is 0 Å². The maximum Gasteiger partial charge on any atom is 0.254 e. The first kappa shape index (κ1) is 18.3. The number of halogens is 1. The van der Waals surface area contributed by atoms with Gasteiger partial charge in [-0.05, 0) is 47.9 Å². The average Bonchev–Trinajstić information content (AvgIpc) is 2.72. The highest BCUT2D eigenvalue weighted by Crippen LogP contribution is 2.14. The fourth-order valence-electron chi connectivity index (χ4n) is 2.83. The zero-order valence-corrected chi connectivity index (χ0v) is 14.7. The minimum Gasteiger partial charge on any atom is -0.334 e. The maximum absolute atomic E-state index is 13.9. The summed E-state index contributed by atoms with van der Waals surface area (Å²) in [6, 6.07) is 18.9. The fraction of sp³-hybridized carbons (Fsp3) is 0.136. The van der Waals surface area contributed by atoms with Crippen molar-refractivity contribution >= 4 is 5.91 Å². The molecule has 27 heavy (non-hydrogen) atoms. The Morgan fingerprint density at radius 1 is 1.11 bits per heavy atom. The molecule has 0 saturated heterocycles. The van der Waals surface area contributed by atoms with E-state index in [2.05, 4.69) is 4.98 Å². The molecule has 0 aliphatic rings. The van der Waals surface area contributed by atoms with Crippen molar-refractivity contribution in [2.75, 3.05) is 6.54 Å². The van der Waals surface area contributed by atoms with Crippen LogP contribution in [0.4, 0.5) is 4.39 Å². The highest BCUT2D eigenvalue weighted by Gasteiger charge is 2.17. The van der Waals surface area contributed by atoms with E-state index in [-0.39, 0.29) is 11.7 Å². The van der Waals surface area contributed by atoms with Gasteiger partial charge in [0.25, 0.3) is 5.91 Å². The predicted octanol–water partition coefficient (Wildman–Crippen LogP) is 3.98. The second-order valence-electron chi connectivity index (χ2n) is 6.12. The number of amides is 1. The second-order valence-corrected chi connectivity index (χ2v) is 6.12. The summed E-state index contributed by atoms with van der Waals surface area (Å²) in [5, 5.41) is 9.08. The Bertz CT molecular complexity index is 967. The molecule has 3 aromatic rings. The number of rotatable bonds is 6. The summed E-state index contributed by atoms with van der Waals surface area (Å²) in [4.78, 5) is 18.8. The topological polar surface area (TPSA) is 57.0 Å². The number of carbonyl (C=O) groups is 1. The summed E-state index contributed by atoms with van der Waals surface area (Å²) in [7, 11) is 0. The van der Waals surface area contributed by atoms with E-state index in [1.807, 2.05) is 18.2 Å². The predicted molar refractivity (Wildman–Crippen MR) is 100 cm³/mol. The lowest BCUT2D eigenvalue weighted by molar-refractivity contribution is 0.0744. The molecule has 0 aliphatic heterocycles. The quantitative estimate of drug-likeness (QED) is 0.669. The summed E-state index contributed by atoms with van der Waals surface area (Å²) >= 11 is 0. The summed E-state index contributed by atoms with van der Waals surface area (Å²) in [5.74, 6) is -0.481. The van der Waals surface area contributed by atoms with Crippen LogP contribution >= 0.6 is 0 Å². The lowest BCUT2D eigenvalue weighted by atomic mass is 10.1. The van der Waals surface area contributed by atoms with E-state index in [0.29, 0.717) is 36.2 Å². The molecule has 3 rings (SSSR count). The van der Waals surface area contributed by atoms with Crippen LogP contribution in [0.25, 0.3) is 0 Å². The average molecular weight is 359 g/mol. The highest BCUT2D eigenvalue weighted by molar-refractivity contribution is 5.94. The zero-order valence-electron chi connectivity index (χ0n) is 14.7. The van der Waals surface area contributed by atoms with E-state index in [9.17, 15) is 9.18 Å². The molecule has 0 unspecified atom stereocenters. The summed E-state index contributed by atoms with van der Waals surface area (Å²) in [6.45, 7) is 0.712. The SMILES string of the molecule is N#Cc1cccc(C(=O)N(CCc2ccccc2F)Cc2cccnc2)c1. The largest absolute Gasteiger partial charge is 0.334 e. The first-order valence-electron chi connectivity index (χ1n) is 8.59. The Hall–Kier alpha value is -3.52. The molecule has 0 saturated carbocycles. The Labute approximate surface area is 157 Å². The van der Waals surface area contributed by atoms with Gasteiger partial charge in [0.15, 0.2) is 0 Å². The number of hydrogen-bond acceptors (Lipinski definition) is 3. The van der Waals surface area contributed by atoms with Crippen molar-refractivity contribution in [3.63, 3.8) is 0 Å². The second kappa shape index (κ2) is 8.72. The summed E-state index contributed by atoms with van der Waals surface area (Å²) in [5.41, 5.74) is 2.31. The first-order chi connectivity index (χ1) is 13.2. The van der Waals surface area contributed by atoms with Crippen LogP contribution in [0.3, 0.4) is 0 Å². The van der Waals surface area contributed by atoms with Crippen LogP contribution < -0.4 is 0 Å². The van der Waals surface area contributed by atoms with Gasteiger partial charge in [0, 0.05) is 31.0 Å². The van der Waals surface area contributed by atoms with Crippen LogP contribution in [-0.2, 0) is 13.0 Å². The van der Waals surface area contributed by atoms with Gasteiger partial charge in [-0.1, -0.05) is 30.3 Å². The lowest BCUT2D eigenvalue weighted by Gasteiger charge is -2.23. The first-order valence-corrected chi connectivity index (χ1v) is 8.59. The molecule has 1 amide bonds. The number of nitrogens with zero attached hydrogens (tertiary/aromatic N) is 3. The Balaban J connectivity index is 1.83. The van der Waals surface area contributed by atoms with E-state index in [4.69, 9.17) is 5.26 Å². The molecule has 1 aromatic heterocycles. The smallest absolute Gasteiger partial charge is 0.254 e. The van der Waals surface area contributed by atoms with Crippen molar-refractivity contribution in [1.82, 2.24) is 9.88 Å². The van der Waals surface area contributed by atoms with E-state index >= 15 is 0 Å². The van der Waals surface area contributed by atoms with Crippen molar-refractivity contribution in [2.45, 2.75) is 13.0 Å². The molecule has 134 valence electrons. The van der Waals surface area contributed by atoms with Crippen LogP contribution in [0.2, 0.25) is 0 Å². The lowest BCUT2D eigenvalue weighted by Crippen LogP contribution is -2.32. The van der Waals surface area contributed by atoms with Gasteiger partial charge in [0.1, 0.15) is 5.82 Å². The van der Waals surface area contributed by atoms with Crippen molar-refractivity contribution in [1.29, 1.82) is 5.26 Å². The number of pyridine rings is 1. The van der Waals surface area contributed by atoms with Crippen molar-refractivity contribution in [2.24, 2.45) is 0 Å². The van der Waals surface area contributed by atoms with Crippen LogP contribution in [0.5, 0.6) is 0 Å². The third-order valence-corrected chi connectivity index (χ3v) is 4.23. The van der Waals surface area contributed by atoms with Crippen LogP contribution in [0, 0.1) is 17.1 Å². The molecular weight excluding hydrogens is 341 g/mol. The number of aromatic nitrogens is 1. The number of hydrogen-bond donors (Lipinski definition) is 0. The minimum atomic E-state index is -0.280. The zero-order chi connectivity index (χ0) is 19.1. The van der Waals surface area contributed by atoms with Crippen molar-refractivity contribution < 1.29 is 9.18 Å². The normalized spacial score (nSPS) is 10.2. The Morgan fingerprint density at radius 3 is 2.70 bits per heavy atom. The molecule has 0 N–H and O–H groups in total. The number of nitriles is 1. The van der Waals surface area contributed by atoms with Gasteiger partial charge < -0.3 is 4.90 Å². The Morgan fingerprint density at radius 2 is 1.96 bits per heavy atom. The Kier molecular flexibility index (Phi) is 5.91. The molecule has 0 spiro atoms. The van der Waals surface area contributed by atoms with Gasteiger partial charge in [0.05, 0.1) is 11.6 Å².